The zero-order valence-electron chi connectivity index (χ0n) is 26.7. The van der Waals surface area contributed by atoms with Gasteiger partial charge in [0.1, 0.15) is 0 Å². The van der Waals surface area contributed by atoms with Crippen LogP contribution in [0.1, 0.15) is 135 Å². The first-order valence-corrected chi connectivity index (χ1v) is 17.6. The lowest BCUT2D eigenvalue weighted by molar-refractivity contribution is -0.174. The SMILES string of the molecule is CCCCCCCCCCCCCCCCCCNC(=O)N1CCCCC1CCON(C=O)CCN1CCNCC1. The van der Waals surface area contributed by atoms with Gasteiger partial charge in [-0.2, -0.15) is 0 Å². The van der Waals surface area contributed by atoms with Crippen molar-refractivity contribution in [2.75, 3.05) is 59.0 Å². The van der Waals surface area contributed by atoms with Crippen molar-refractivity contribution in [3.05, 3.63) is 0 Å². The minimum absolute atomic E-state index is 0.0709. The van der Waals surface area contributed by atoms with E-state index >= 15 is 0 Å². The Kier molecular flexibility index (Phi) is 22.0. The third kappa shape index (κ3) is 18.0. The van der Waals surface area contributed by atoms with Crippen LogP contribution in [0.2, 0.25) is 0 Å². The second kappa shape index (κ2) is 25.1. The van der Waals surface area contributed by atoms with Crippen LogP contribution in [0.3, 0.4) is 0 Å². The van der Waals surface area contributed by atoms with Gasteiger partial charge in [0.05, 0.1) is 13.2 Å². The van der Waals surface area contributed by atoms with E-state index in [1.807, 2.05) is 4.90 Å². The Labute approximate surface area is 252 Å². The van der Waals surface area contributed by atoms with Crippen molar-refractivity contribution in [3.8, 4) is 0 Å². The summed E-state index contributed by atoms with van der Waals surface area (Å²) in [5.41, 5.74) is 0. The first kappa shape index (κ1) is 35.8. The molecule has 240 valence electrons. The summed E-state index contributed by atoms with van der Waals surface area (Å²) in [6.07, 6.45) is 26.5. The smallest absolute Gasteiger partial charge is 0.317 e. The highest BCUT2D eigenvalue weighted by Crippen LogP contribution is 2.20. The van der Waals surface area contributed by atoms with E-state index in [1.165, 1.54) is 101 Å². The molecule has 1 atom stereocenters. The normalized spacial score (nSPS) is 18.0. The lowest BCUT2D eigenvalue weighted by atomic mass is 10.00. The number of urea groups is 1. The number of carbonyl (C=O) groups excluding carboxylic acids is 2. The summed E-state index contributed by atoms with van der Waals surface area (Å²) in [6, 6.07) is 0.262. The highest BCUT2D eigenvalue weighted by atomic mass is 16.7. The number of nitrogens with one attached hydrogen (secondary N) is 2. The maximum Gasteiger partial charge on any atom is 0.317 e. The maximum atomic E-state index is 12.9. The number of amides is 3. The second-order valence-electron chi connectivity index (χ2n) is 12.3. The Hall–Kier alpha value is -1.38. The Morgan fingerprint density at radius 2 is 1.44 bits per heavy atom. The van der Waals surface area contributed by atoms with Gasteiger partial charge < -0.3 is 15.5 Å². The monoisotopic (exact) mass is 580 g/mol. The third-order valence-electron chi connectivity index (χ3n) is 8.87. The Balaban J connectivity index is 1.43. The molecule has 3 amide bonds. The van der Waals surface area contributed by atoms with Gasteiger partial charge in [-0.3, -0.25) is 14.5 Å². The van der Waals surface area contributed by atoms with Crippen LogP contribution in [0.15, 0.2) is 0 Å². The first-order chi connectivity index (χ1) is 20.2. The minimum atomic E-state index is 0.0709. The Morgan fingerprint density at radius 3 is 2.02 bits per heavy atom. The molecule has 8 nitrogen and oxygen atoms in total. The highest BCUT2D eigenvalue weighted by molar-refractivity contribution is 5.74. The molecule has 0 radical (unpaired) electrons. The quantitative estimate of drug-likeness (QED) is 0.0734. The van der Waals surface area contributed by atoms with Crippen molar-refractivity contribution >= 4 is 12.4 Å². The number of hydrogen-bond donors (Lipinski definition) is 2. The van der Waals surface area contributed by atoms with E-state index in [4.69, 9.17) is 4.84 Å². The van der Waals surface area contributed by atoms with Gasteiger partial charge in [-0.25, -0.2) is 9.86 Å². The summed E-state index contributed by atoms with van der Waals surface area (Å²) >= 11 is 0. The van der Waals surface area contributed by atoms with E-state index in [9.17, 15) is 9.59 Å². The van der Waals surface area contributed by atoms with Crippen molar-refractivity contribution in [1.82, 2.24) is 25.5 Å². The number of likely N-dealkylation sites (tertiary alicyclic amines) is 1. The average molecular weight is 580 g/mol. The van der Waals surface area contributed by atoms with E-state index in [-0.39, 0.29) is 12.1 Å². The van der Waals surface area contributed by atoms with Crippen molar-refractivity contribution in [1.29, 1.82) is 0 Å². The number of piperazine rings is 1. The van der Waals surface area contributed by atoms with Crippen molar-refractivity contribution in [3.63, 3.8) is 0 Å². The molecule has 0 spiro atoms. The molecule has 0 aromatic rings. The highest BCUT2D eigenvalue weighted by Gasteiger charge is 2.26. The van der Waals surface area contributed by atoms with Crippen LogP contribution in [0.5, 0.6) is 0 Å². The molecule has 0 saturated carbocycles. The molecule has 2 saturated heterocycles. The lowest BCUT2D eigenvalue weighted by Gasteiger charge is -2.36. The van der Waals surface area contributed by atoms with Gasteiger partial charge in [0.15, 0.2) is 0 Å². The zero-order valence-corrected chi connectivity index (χ0v) is 26.7. The number of nitrogens with zero attached hydrogens (tertiary/aromatic N) is 3. The fourth-order valence-electron chi connectivity index (χ4n) is 6.17. The molecule has 2 fully saturated rings. The Bertz CT molecular complexity index is 632. The average Bonchev–Trinajstić information content (AvgIpc) is 3.01. The van der Waals surface area contributed by atoms with Gasteiger partial charge in [-0.05, 0) is 32.1 Å². The van der Waals surface area contributed by atoms with Crippen LogP contribution >= 0.6 is 0 Å². The number of carbonyl (C=O) groups is 2. The predicted octanol–water partition coefficient (Wildman–Crippen LogP) is 6.50. The van der Waals surface area contributed by atoms with Crippen molar-refractivity contribution in [2.24, 2.45) is 0 Å². The third-order valence-corrected chi connectivity index (χ3v) is 8.87. The van der Waals surface area contributed by atoms with E-state index < -0.39 is 0 Å². The fourth-order valence-corrected chi connectivity index (χ4v) is 6.17. The lowest BCUT2D eigenvalue weighted by Crippen LogP contribution is -2.49. The largest absolute Gasteiger partial charge is 0.338 e. The maximum absolute atomic E-state index is 12.9. The molecule has 8 heteroatoms. The molecular formula is C33H65N5O3. The van der Waals surface area contributed by atoms with Gasteiger partial charge in [0, 0.05) is 51.9 Å². The topological polar surface area (TPSA) is 77.2 Å². The van der Waals surface area contributed by atoms with Crippen LogP contribution in [-0.4, -0.2) is 92.3 Å². The second-order valence-corrected chi connectivity index (χ2v) is 12.3. The summed E-state index contributed by atoms with van der Waals surface area (Å²) < 4.78 is 0. The molecule has 41 heavy (non-hydrogen) atoms. The molecule has 2 aliphatic rings. The molecule has 0 aromatic heterocycles. The number of rotatable bonds is 25. The summed E-state index contributed by atoms with van der Waals surface area (Å²) in [5, 5.41) is 7.94. The Morgan fingerprint density at radius 1 is 0.854 bits per heavy atom. The number of unbranched alkanes of at least 4 members (excludes halogenated alkanes) is 15. The summed E-state index contributed by atoms with van der Waals surface area (Å²) in [6.45, 7) is 9.77. The van der Waals surface area contributed by atoms with Gasteiger partial charge >= 0.3 is 6.03 Å². The molecule has 2 rings (SSSR count). The molecule has 2 N–H and O–H groups in total. The molecule has 2 aliphatic heterocycles. The molecule has 0 aromatic carbocycles. The van der Waals surface area contributed by atoms with Gasteiger partial charge in [-0.15, -0.1) is 0 Å². The van der Waals surface area contributed by atoms with Gasteiger partial charge in [0.2, 0.25) is 6.41 Å². The number of hydrogen-bond acceptors (Lipinski definition) is 5. The van der Waals surface area contributed by atoms with Gasteiger partial charge in [-0.1, -0.05) is 103 Å². The molecule has 0 aliphatic carbocycles. The number of piperidine rings is 1. The first-order valence-electron chi connectivity index (χ1n) is 17.6. The summed E-state index contributed by atoms with van der Waals surface area (Å²) in [5.74, 6) is 0. The van der Waals surface area contributed by atoms with E-state index in [2.05, 4.69) is 22.5 Å². The standard InChI is InChI=1S/C33H65N5O3/c1-2-3-4-5-6-7-8-9-10-11-12-13-14-15-16-18-22-35-33(40)38-25-19-17-20-32(38)21-30-41-37(31-39)29-28-36-26-23-34-24-27-36/h31-32,34H,2-30H2,1H3,(H,35,40). The van der Waals surface area contributed by atoms with Crippen molar-refractivity contribution < 1.29 is 14.4 Å². The molecule has 2 heterocycles. The fraction of sp³-hybridized carbons (Fsp3) is 0.939. The van der Waals surface area contributed by atoms with Crippen LogP contribution in [0.4, 0.5) is 4.79 Å². The van der Waals surface area contributed by atoms with Crippen LogP contribution in [0, 0.1) is 0 Å². The van der Waals surface area contributed by atoms with E-state index in [1.54, 1.807) is 0 Å². The van der Waals surface area contributed by atoms with E-state index in [0.29, 0.717) is 13.2 Å². The van der Waals surface area contributed by atoms with Crippen molar-refractivity contribution in [2.45, 2.75) is 141 Å². The summed E-state index contributed by atoms with van der Waals surface area (Å²) in [4.78, 5) is 34.5. The van der Waals surface area contributed by atoms with Crippen LogP contribution in [-0.2, 0) is 9.63 Å². The van der Waals surface area contributed by atoms with E-state index in [0.717, 1.165) is 84.3 Å². The van der Waals surface area contributed by atoms with Crippen LogP contribution in [0.25, 0.3) is 0 Å². The van der Waals surface area contributed by atoms with Crippen LogP contribution < -0.4 is 10.6 Å². The minimum Gasteiger partial charge on any atom is -0.338 e. The number of hydroxylamine groups is 2. The van der Waals surface area contributed by atoms with Gasteiger partial charge in [0.25, 0.3) is 0 Å². The zero-order chi connectivity index (χ0) is 29.2. The predicted molar refractivity (Wildman–Crippen MR) is 170 cm³/mol. The molecule has 0 bridgehead atoms. The summed E-state index contributed by atoms with van der Waals surface area (Å²) in [7, 11) is 0. The molecular weight excluding hydrogens is 514 g/mol. The molecule has 1 unspecified atom stereocenters.